The molecule has 1 amide bonds. The average molecular weight is 283 g/mol. The number of benzene rings is 1. The third-order valence-corrected chi connectivity index (χ3v) is 2.87. The number of hydrogen-bond donors (Lipinski definition) is 2. The van der Waals surface area contributed by atoms with Crippen molar-refractivity contribution in [3.63, 3.8) is 0 Å². The SMILES string of the molecule is CCC(CNC(=O)C(C)Oc1ccccc1F)C(=O)O. The maximum absolute atomic E-state index is 13.4. The van der Waals surface area contributed by atoms with E-state index in [1.165, 1.54) is 25.1 Å². The molecule has 6 heteroatoms. The Morgan fingerprint density at radius 2 is 2.05 bits per heavy atom. The van der Waals surface area contributed by atoms with Crippen molar-refractivity contribution in [1.82, 2.24) is 5.32 Å². The highest BCUT2D eigenvalue weighted by Crippen LogP contribution is 2.17. The number of ether oxygens (including phenoxy) is 1. The van der Waals surface area contributed by atoms with E-state index >= 15 is 0 Å². The molecular weight excluding hydrogens is 265 g/mol. The minimum Gasteiger partial charge on any atom is -0.481 e. The van der Waals surface area contributed by atoms with Crippen molar-refractivity contribution in [3.8, 4) is 5.75 Å². The molecule has 0 aliphatic carbocycles. The van der Waals surface area contributed by atoms with Crippen molar-refractivity contribution < 1.29 is 23.8 Å². The van der Waals surface area contributed by atoms with Crippen LogP contribution in [0.3, 0.4) is 0 Å². The van der Waals surface area contributed by atoms with Gasteiger partial charge in [0.25, 0.3) is 5.91 Å². The van der Waals surface area contributed by atoms with Gasteiger partial charge in [0.2, 0.25) is 0 Å². The fraction of sp³-hybridized carbons (Fsp3) is 0.429. The van der Waals surface area contributed by atoms with Crippen LogP contribution < -0.4 is 10.1 Å². The van der Waals surface area contributed by atoms with Gasteiger partial charge in [-0.25, -0.2) is 4.39 Å². The molecule has 0 aliphatic heterocycles. The lowest BCUT2D eigenvalue weighted by atomic mass is 10.1. The Balaban J connectivity index is 2.51. The minimum absolute atomic E-state index is 0.0135. The standard InChI is InChI=1S/C14H18FNO4/c1-3-10(14(18)19)8-16-13(17)9(2)20-12-7-5-4-6-11(12)15/h4-7,9-10H,3,8H2,1-2H3,(H,16,17)(H,18,19). The second-order valence-corrected chi connectivity index (χ2v) is 4.38. The van der Waals surface area contributed by atoms with Crippen molar-refractivity contribution in [1.29, 1.82) is 0 Å². The fourth-order valence-corrected chi connectivity index (χ4v) is 1.56. The highest BCUT2D eigenvalue weighted by Gasteiger charge is 2.20. The van der Waals surface area contributed by atoms with Gasteiger partial charge in [-0.2, -0.15) is 0 Å². The topological polar surface area (TPSA) is 75.6 Å². The van der Waals surface area contributed by atoms with Crippen LogP contribution in [-0.2, 0) is 9.59 Å². The van der Waals surface area contributed by atoms with Gasteiger partial charge in [-0.05, 0) is 25.5 Å². The molecule has 0 spiro atoms. The number of para-hydroxylation sites is 1. The van der Waals surface area contributed by atoms with Gasteiger partial charge in [-0.3, -0.25) is 9.59 Å². The molecule has 2 atom stereocenters. The molecule has 0 bridgehead atoms. The van der Waals surface area contributed by atoms with Crippen LogP contribution in [-0.4, -0.2) is 29.6 Å². The van der Waals surface area contributed by atoms with Crippen molar-refractivity contribution in [3.05, 3.63) is 30.1 Å². The lowest BCUT2D eigenvalue weighted by Crippen LogP contribution is -2.40. The molecule has 2 unspecified atom stereocenters. The van der Waals surface area contributed by atoms with Gasteiger partial charge in [0.15, 0.2) is 17.7 Å². The summed E-state index contributed by atoms with van der Waals surface area (Å²) in [4.78, 5) is 22.6. The summed E-state index contributed by atoms with van der Waals surface area (Å²) < 4.78 is 18.6. The van der Waals surface area contributed by atoms with E-state index in [-0.39, 0.29) is 12.3 Å². The van der Waals surface area contributed by atoms with Crippen LogP contribution in [0.4, 0.5) is 4.39 Å². The molecule has 1 aromatic carbocycles. The van der Waals surface area contributed by atoms with Gasteiger partial charge >= 0.3 is 5.97 Å². The largest absolute Gasteiger partial charge is 0.481 e. The predicted octanol–water partition coefficient (Wildman–Crippen LogP) is 1.82. The van der Waals surface area contributed by atoms with Crippen LogP contribution in [0.15, 0.2) is 24.3 Å². The van der Waals surface area contributed by atoms with Crippen molar-refractivity contribution in [2.45, 2.75) is 26.4 Å². The molecule has 110 valence electrons. The number of carbonyl (C=O) groups is 2. The number of rotatable bonds is 7. The van der Waals surface area contributed by atoms with E-state index in [0.717, 1.165) is 0 Å². The Bertz CT molecular complexity index is 478. The molecule has 5 nitrogen and oxygen atoms in total. The lowest BCUT2D eigenvalue weighted by Gasteiger charge is -2.16. The normalized spacial score (nSPS) is 13.3. The quantitative estimate of drug-likeness (QED) is 0.800. The Labute approximate surface area is 116 Å². The van der Waals surface area contributed by atoms with Gasteiger partial charge in [0.05, 0.1) is 5.92 Å². The number of amides is 1. The molecule has 0 aromatic heterocycles. The first-order valence-corrected chi connectivity index (χ1v) is 6.37. The van der Waals surface area contributed by atoms with Gasteiger partial charge in [-0.15, -0.1) is 0 Å². The molecule has 0 saturated heterocycles. The van der Waals surface area contributed by atoms with Gasteiger partial charge in [0.1, 0.15) is 0 Å². The van der Waals surface area contributed by atoms with E-state index in [9.17, 15) is 14.0 Å². The first-order valence-electron chi connectivity index (χ1n) is 6.37. The number of carboxylic acids is 1. The molecule has 0 heterocycles. The summed E-state index contributed by atoms with van der Waals surface area (Å²) in [6, 6.07) is 5.77. The minimum atomic E-state index is -0.963. The van der Waals surface area contributed by atoms with E-state index in [1.54, 1.807) is 13.0 Å². The van der Waals surface area contributed by atoms with Gasteiger partial charge in [0, 0.05) is 6.54 Å². The zero-order valence-electron chi connectivity index (χ0n) is 11.4. The third kappa shape index (κ3) is 4.53. The first-order chi connectivity index (χ1) is 9.45. The number of carboxylic acid groups (broad SMARTS) is 1. The van der Waals surface area contributed by atoms with Crippen LogP contribution in [0.2, 0.25) is 0 Å². The number of nitrogens with one attached hydrogen (secondary N) is 1. The maximum atomic E-state index is 13.4. The van der Waals surface area contributed by atoms with Crippen LogP contribution in [0, 0.1) is 11.7 Å². The second-order valence-electron chi connectivity index (χ2n) is 4.38. The summed E-state index contributed by atoms with van der Waals surface area (Å²) in [6.07, 6.45) is -0.490. The molecular formula is C14H18FNO4. The molecule has 1 aromatic rings. The predicted molar refractivity (Wildman–Crippen MR) is 70.9 cm³/mol. The smallest absolute Gasteiger partial charge is 0.308 e. The van der Waals surface area contributed by atoms with Gasteiger partial charge in [-0.1, -0.05) is 19.1 Å². The number of halogens is 1. The van der Waals surface area contributed by atoms with E-state index in [2.05, 4.69) is 5.32 Å². The maximum Gasteiger partial charge on any atom is 0.308 e. The summed E-state index contributed by atoms with van der Waals surface area (Å²) in [7, 11) is 0. The molecule has 0 saturated carbocycles. The zero-order valence-corrected chi connectivity index (χ0v) is 11.4. The summed E-state index contributed by atoms with van der Waals surface area (Å²) >= 11 is 0. The first kappa shape index (κ1) is 15.9. The van der Waals surface area contributed by atoms with E-state index in [0.29, 0.717) is 6.42 Å². The fourth-order valence-electron chi connectivity index (χ4n) is 1.56. The molecule has 1 rings (SSSR count). The van der Waals surface area contributed by atoms with Crippen LogP contribution >= 0.6 is 0 Å². The van der Waals surface area contributed by atoms with Crippen molar-refractivity contribution in [2.24, 2.45) is 5.92 Å². The highest BCUT2D eigenvalue weighted by molar-refractivity contribution is 5.81. The summed E-state index contributed by atoms with van der Waals surface area (Å²) in [5.41, 5.74) is 0. The summed E-state index contributed by atoms with van der Waals surface area (Å²) in [6.45, 7) is 3.23. The molecule has 2 N–H and O–H groups in total. The Hall–Kier alpha value is -2.11. The summed E-state index contributed by atoms with van der Waals surface area (Å²) in [5.74, 6) is -2.65. The zero-order chi connectivity index (χ0) is 15.1. The number of hydrogen-bond acceptors (Lipinski definition) is 3. The monoisotopic (exact) mass is 283 g/mol. The second kappa shape index (κ2) is 7.47. The number of aliphatic carboxylic acids is 1. The van der Waals surface area contributed by atoms with Crippen LogP contribution in [0.1, 0.15) is 20.3 Å². The average Bonchev–Trinajstić information content (AvgIpc) is 2.41. The van der Waals surface area contributed by atoms with Gasteiger partial charge < -0.3 is 15.2 Å². The Kier molecular flexibility index (Phi) is 5.96. The molecule has 0 fully saturated rings. The third-order valence-electron chi connectivity index (χ3n) is 2.87. The number of carbonyl (C=O) groups excluding carboxylic acids is 1. The molecule has 0 aliphatic rings. The van der Waals surface area contributed by atoms with Crippen LogP contribution in [0.25, 0.3) is 0 Å². The summed E-state index contributed by atoms with van der Waals surface area (Å²) in [5, 5.41) is 11.4. The highest BCUT2D eigenvalue weighted by atomic mass is 19.1. The molecule has 0 radical (unpaired) electrons. The van der Waals surface area contributed by atoms with Crippen molar-refractivity contribution >= 4 is 11.9 Å². The Morgan fingerprint density at radius 3 is 2.60 bits per heavy atom. The van der Waals surface area contributed by atoms with Crippen molar-refractivity contribution in [2.75, 3.05) is 6.54 Å². The Morgan fingerprint density at radius 1 is 1.40 bits per heavy atom. The van der Waals surface area contributed by atoms with E-state index in [1.807, 2.05) is 0 Å². The van der Waals surface area contributed by atoms with E-state index < -0.39 is 29.7 Å². The van der Waals surface area contributed by atoms with E-state index in [4.69, 9.17) is 9.84 Å². The molecule has 20 heavy (non-hydrogen) atoms. The van der Waals surface area contributed by atoms with Crippen LogP contribution in [0.5, 0.6) is 5.75 Å². The lowest BCUT2D eigenvalue weighted by molar-refractivity contribution is -0.141.